The number of benzene rings is 2. The first-order chi connectivity index (χ1) is 7.59. The van der Waals surface area contributed by atoms with E-state index in [4.69, 9.17) is 0 Å². The summed E-state index contributed by atoms with van der Waals surface area (Å²) in [5, 5.41) is 0. The third kappa shape index (κ3) is 2.16. The highest BCUT2D eigenvalue weighted by atomic mass is 14.2. The summed E-state index contributed by atoms with van der Waals surface area (Å²) < 4.78 is 0. The SMILES string of the molecule is CC(C)(C)c1[c]cccc1-c1ccccc1. The molecule has 0 spiro atoms. The van der Waals surface area contributed by atoms with Crippen molar-refractivity contribution in [2.24, 2.45) is 0 Å². The zero-order chi connectivity index (χ0) is 11.6. The second-order valence-electron chi connectivity index (χ2n) is 5.07. The summed E-state index contributed by atoms with van der Waals surface area (Å²) in [6, 6.07) is 20.1. The van der Waals surface area contributed by atoms with Gasteiger partial charge in [-0.1, -0.05) is 69.3 Å². The van der Waals surface area contributed by atoms with E-state index in [1.807, 2.05) is 12.1 Å². The van der Waals surface area contributed by atoms with E-state index in [0.29, 0.717) is 0 Å². The van der Waals surface area contributed by atoms with Crippen molar-refractivity contribution in [1.82, 2.24) is 0 Å². The van der Waals surface area contributed by atoms with E-state index in [0.717, 1.165) is 0 Å². The molecule has 0 aliphatic rings. The van der Waals surface area contributed by atoms with E-state index in [1.54, 1.807) is 0 Å². The molecule has 0 amide bonds. The summed E-state index contributed by atoms with van der Waals surface area (Å²) >= 11 is 0. The highest BCUT2D eigenvalue weighted by Gasteiger charge is 2.17. The van der Waals surface area contributed by atoms with Gasteiger partial charge in [0.05, 0.1) is 0 Å². The van der Waals surface area contributed by atoms with Gasteiger partial charge in [0.1, 0.15) is 0 Å². The summed E-state index contributed by atoms with van der Waals surface area (Å²) in [4.78, 5) is 0. The summed E-state index contributed by atoms with van der Waals surface area (Å²) in [6.07, 6.45) is 0. The van der Waals surface area contributed by atoms with Gasteiger partial charge in [-0.3, -0.25) is 0 Å². The molecule has 16 heavy (non-hydrogen) atoms. The first-order valence-corrected chi connectivity index (χ1v) is 5.65. The molecule has 0 bridgehead atoms. The third-order valence-electron chi connectivity index (χ3n) is 2.69. The Morgan fingerprint density at radius 3 is 2.19 bits per heavy atom. The Morgan fingerprint density at radius 1 is 0.875 bits per heavy atom. The highest BCUT2D eigenvalue weighted by Crippen LogP contribution is 2.32. The first-order valence-electron chi connectivity index (χ1n) is 5.65. The highest BCUT2D eigenvalue weighted by molar-refractivity contribution is 5.68. The molecule has 0 aliphatic carbocycles. The van der Waals surface area contributed by atoms with Crippen molar-refractivity contribution in [2.75, 3.05) is 0 Å². The van der Waals surface area contributed by atoms with Crippen molar-refractivity contribution in [2.45, 2.75) is 26.2 Å². The number of hydrogen-bond acceptors (Lipinski definition) is 0. The molecule has 0 nitrogen and oxygen atoms in total. The topological polar surface area (TPSA) is 0 Å². The Hall–Kier alpha value is -1.56. The molecule has 0 aromatic heterocycles. The van der Waals surface area contributed by atoms with E-state index in [-0.39, 0.29) is 5.41 Å². The van der Waals surface area contributed by atoms with Crippen molar-refractivity contribution in [3.05, 3.63) is 60.2 Å². The van der Waals surface area contributed by atoms with Crippen LogP contribution in [0.2, 0.25) is 0 Å². The van der Waals surface area contributed by atoms with Gasteiger partial charge in [0.2, 0.25) is 0 Å². The van der Waals surface area contributed by atoms with Gasteiger partial charge in [0.15, 0.2) is 0 Å². The van der Waals surface area contributed by atoms with Crippen molar-refractivity contribution < 1.29 is 0 Å². The van der Waals surface area contributed by atoms with Crippen LogP contribution in [-0.2, 0) is 5.41 Å². The molecule has 81 valence electrons. The van der Waals surface area contributed by atoms with Crippen LogP contribution in [-0.4, -0.2) is 0 Å². The molecule has 2 aromatic rings. The van der Waals surface area contributed by atoms with Crippen LogP contribution in [0.25, 0.3) is 11.1 Å². The lowest BCUT2D eigenvalue weighted by Crippen LogP contribution is -2.12. The van der Waals surface area contributed by atoms with Crippen molar-refractivity contribution in [1.29, 1.82) is 0 Å². The second-order valence-corrected chi connectivity index (χ2v) is 5.07. The van der Waals surface area contributed by atoms with Crippen LogP contribution in [0, 0.1) is 6.07 Å². The average molecular weight is 209 g/mol. The van der Waals surface area contributed by atoms with Gasteiger partial charge < -0.3 is 0 Å². The fraction of sp³-hybridized carbons (Fsp3) is 0.250. The van der Waals surface area contributed by atoms with E-state index >= 15 is 0 Å². The van der Waals surface area contributed by atoms with Crippen molar-refractivity contribution in [3.8, 4) is 11.1 Å². The molecule has 2 aromatic carbocycles. The Bertz CT molecular complexity index is 461. The van der Waals surface area contributed by atoms with Gasteiger partial charge >= 0.3 is 0 Å². The van der Waals surface area contributed by atoms with Crippen molar-refractivity contribution >= 4 is 0 Å². The lowest BCUT2D eigenvalue weighted by Gasteiger charge is -2.22. The second kappa shape index (κ2) is 4.13. The predicted molar refractivity (Wildman–Crippen MR) is 69.4 cm³/mol. The molecule has 0 fully saturated rings. The van der Waals surface area contributed by atoms with Gasteiger partial charge in [-0.25, -0.2) is 0 Å². The fourth-order valence-corrected chi connectivity index (χ4v) is 1.92. The maximum Gasteiger partial charge on any atom is -0.0120 e. The number of rotatable bonds is 1. The van der Waals surface area contributed by atoms with Crippen LogP contribution in [0.15, 0.2) is 48.5 Å². The maximum absolute atomic E-state index is 3.38. The van der Waals surface area contributed by atoms with Crippen LogP contribution in [0.3, 0.4) is 0 Å². The monoisotopic (exact) mass is 209 g/mol. The van der Waals surface area contributed by atoms with Crippen LogP contribution in [0.5, 0.6) is 0 Å². The molecule has 0 heterocycles. The largest absolute Gasteiger partial charge is 0.0622 e. The van der Waals surface area contributed by atoms with Gasteiger partial charge in [-0.15, -0.1) is 0 Å². The van der Waals surface area contributed by atoms with E-state index in [2.05, 4.69) is 63.2 Å². The minimum atomic E-state index is 0.131. The Morgan fingerprint density at radius 2 is 1.56 bits per heavy atom. The smallest absolute Gasteiger partial charge is 0.0120 e. The molecule has 2 rings (SSSR count). The van der Waals surface area contributed by atoms with Gasteiger partial charge in [0.25, 0.3) is 0 Å². The average Bonchev–Trinajstić information content (AvgIpc) is 2.29. The quantitative estimate of drug-likeness (QED) is 0.651. The molecule has 0 aliphatic heterocycles. The molecule has 1 radical (unpaired) electrons. The summed E-state index contributed by atoms with van der Waals surface area (Å²) in [5.41, 5.74) is 3.97. The molecular formula is C16H17. The first kappa shape index (κ1) is 10.9. The minimum Gasteiger partial charge on any atom is -0.0622 e. The third-order valence-corrected chi connectivity index (χ3v) is 2.69. The van der Waals surface area contributed by atoms with Gasteiger partial charge in [0, 0.05) is 0 Å². The summed E-state index contributed by atoms with van der Waals surface area (Å²) in [6.45, 7) is 6.68. The standard InChI is InChI=1S/C16H17/c1-16(2,3)15-12-8-7-11-14(15)13-9-5-4-6-10-13/h4-11H,1-3H3. The molecule has 0 atom stereocenters. The fourth-order valence-electron chi connectivity index (χ4n) is 1.92. The Labute approximate surface area is 97.9 Å². The van der Waals surface area contributed by atoms with Crippen LogP contribution in [0.4, 0.5) is 0 Å². The van der Waals surface area contributed by atoms with E-state index in [9.17, 15) is 0 Å². The number of hydrogen-bond donors (Lipinski definition) is 0. The lowest BCUT2D eigenvalue weighted by molar-refractivity contribution is 0.591. The lowest BCUT2D eigenvalue weighted by atomic mass is 9.82. The zero-order valence-corrected chi connectivity index (χ0v) is 10.1. The predicted octanol–water partition coefficient (Wildman–Crippen LogP) is 4.45. The van der Waals surface area contributed by atoms with E-state index in [1.165, 1.54) is 16.7 Å². The van der Waals surface area contributed by atoms with Gasteiger partial charge in [-0.2, -0.15) is 0 Å². The molecular weight excluding hydrogens is 192 g/mol. The molecule has 0 N–H and O–H groups in total. The molecule has 0 saturated carbocycles. The van der Waals surface area contributed by atoms with Crippen LogP contribution in [0.1, 0.15) is 26.3 Å². The Balaban J connectivity index is 2.58. The summed E-state index contributed by atoms with van der Waals surface area (Å²) in [7, 11) is 0. The van der Waals surface area contributed by atoms with Crippen LogP contribution >= 0.6 is 0 Å². The molecule has 0 saturated heterocycles. The van der Waals surface area contributed by atoms with Gasteiger partial charge in [-0.05, 0) is 28.2 Å². The summed E-state index contributed by atoms with van der Waals surface area (Å²) in [5.74, 6) is 0. The molecule has 0 heteroatoms. The normalized spacial score (nSPS) is 11.4. The van der Waals surface area contributed by atoms with E-state index < -0.39 is 0 Å². The maximum atomic E-state index is 3.38. The Kier molecular flexibility index (Phi) is 2.82. The minimum absolute atomic E-state index is 0.131. The van der Waals surface area contributed by atoms with Crippen LogP contribution < -0.4 is 0 Å². The van der Waals surface area contributed by atoms with Crippen molar-refractivity contribution in [3.63, 3.8) is 0 Å². The zero-order valence-electron chi connectivity index (χ0n) is 10.1. The molecule has 0 unspecified atom stereocenters.